The minimum atomic E-state index is -1.33. The van der Waals surface area contributed by atoms with Gasteiger partial charge in [-0.1, -0.05) is 49.7 Å². The van der Waals surface area contributed by atoms with E-state index in [0.717, 1.165) is 6.42 Å². The number of hydrogen-bond donors (Lipinski definition) is 3. The fraction of sp³-hybridized carbons (Fsp3) is 0.372. The van der Waals surface area contributed by atoms with Crippen molar-refractivity contribution < 1.29 is 52.5 Å². The summed E-state index contributed by atoms with van der Waals surface area (Å²) in [5.74, 6) is -3.60. The van der Waals surface area contributed by atoms with E-state index in [1.807, 2.05) is 13.8 Å². The quantitative estimate of drug-likeness (QED) is 0.0454. The Morgan fingerprint density at radius 1 is 0.949 bits per heavy atom. The largest absolute Gasteiger partial charge is 0.480 e. The first kappa shape index (κ1) is 46.0. The molecule has 3 aromatic rings. The van der Waals surface area contributed by atoms with Gasteiger partial charge in [0.25, 0.3) is 11.8 Å². The van der Waals surface area contributed by atoms with Crippen LogP contribution in [0.3, 0.4) is 0 Å². The van der Waals surface area contributed by atoms with Gasteiger partial charge in [0.2, 0.25) is 0 Å². The van der Waals surface area contributed by atoms with E-state index < -0.39 is 36.7 Å². The van der Waals surface area contributed by atoms with Crippen LogP contribution in [0.4, 0.5) is 5.69 Å². The second-order valence-electron chi connectivity index (χ2n) is 13.9. The third kappa shape index (κ3) is 11.9. The monoisotopic (exact) mass is 851 g/mol. The van der Waals surface area contributed by atoms with E-state index in [1.165, 1.54) is 26.0 Å². The van der Waals surface area contributed by atoms with E-state index in [-0.39, 0.29) is 70.6 Å². The van der Waals surface area contributed by atoms with E-state index in [9.17, 15) is 33.6 Å². The summed E-state index contributed by atoms with van der Waals surface area (Å²) in [6, 6.07) is 7.96. The fourth-order valence-corrected chi connectivity index (χ4v) is 6.43. The Hall–Kier alpha value is -5.73. The second kappa shape index (κ2) is 20.8. The maximum Gasteiger partial charge on any atom is 0.347 e. The lowest BCUT2D eigenvalue weighted by Crippen LogP contribution is -2.32. The summed E-state index contributed by atoms with van der Waals surface area (Å²) in [4.78, 5) is 91.5. The molecule has 2 heterocycles. The number of esters is 3. The molecule has 3 N–H and O–H groups in total. The number of ketones is 2. The molecule has 1 aliphatic rings. The minimum absolute atomic E-state index is 0.00367. The van der Waals surface area contributed by atoms with Gasteiger partial charge in [0, 0.05) is 47.6 Å². The van der Waals surface area contributed by atoms with E-state index in [2.05, 4.69) is 22.2 Å². The first-order chi connectivity index (χ1) is 27.9. The van der Waals surface area contributed by atoms with Crippen molar-refractivity contribution in [3.05, 3.63) is 91.7 Å². The van der Waals surface area contributed by atoms with Gasteiger partial charge in [0.05, 0.1) is 22.6 Å². The molecule has 2 aromatic carbocycles. The molecule has 2 atom stereocenters. The number of ether oxygens (including phenoxy) is 4. The van der Waals surface area contributed by atoms with Crippen LogP contribution in [0.15, 0.2) is 42.5 Å². The average Bonchev–Trinajstić information content (AvgIpc) is 3.66. The molecular weight excluding hydrogens is 805 g/mol. The van der Waals surface area contributed by atoms with Crippen LogP contribution in [0.5, 0.6) is 5.75 Å². The van der Waals surface area contributed by atoms with E-state index in [1.54, 1.807) is 38.1 Å². The zero-order chi connectivity index (χ0) is 43.6. The van der Waals surface area contributed by atoms with Gasteiger partial charge >= 0.3 is 17.9 Å². The number of allylic oxidation sites excluding steroid dienone is 1. The highest BCUT2D eigenvalue weighted by Gasteiger charge is 2.27. The molecule has 59 heavy (non-hydrogen) atoms. The molecule has 0 spiro atoms. The van der Waals surface area contributed by atoms with Crippen molar-refractivity contribution in [3.8, 4) is 5.75 Å². The zero-order valence-electron chi connectivity index (χ0n) is 33.7. The summed E-state index contributed by atoms with van der Waals surface area (Å²) in [7, 11) is 0. The highest BCUT2D eigenvalue weighted by molar-refractivity contribution is 6.45. The van der Waals surface area contributed by atoms with Gasteiger partial charge in [-0.15, -0.1) is 0 Å². The van der Waals surface area contributed by atoms with Crippen LogP contribution in [0, 0.1) is 13.8 Å². The summed E-state index contributed by atoms with van der Waals surface area (Å²) < 4.78 is 20.9. The highest BCUT2D eigenvalue weighted by atomic mass is 35.5. The Balaban J connectivity index is 1.21. The van der Waals surface area contributed by atoms with E-state index >= 15 is 0 Å². The molecule has 2 amide bonds. The number of fused-ring (bicyclic) bond motifs is 1. The predicted octanol–water partition coefficient (Wildman–Crippen LogP) is 7.10. The Morgan fingerprint density at radius 2 is 1.68 bits per heavy atom. The molecule has 0 saturated heterocycles. The number of aromatic amines is 1. The van der Waals surface area contributed by atoms with Crippen molar-refractivity contribution in [2.24, 2.45) is 0 Å². The van der Waals surface area contributed by atoms with Gasteiger partial charge in [-0.25, -0.2) is 9.59 Å². The third-order valence-electron chi connectivity index (χ3n) is 9.23. The number of benzene rings is 2. The SMILES string of the molecule is C=C(CC)C(=O)c1ccc(OCC(=O)OC(C)C(=O)OC(C)COC(=O)CCC(=O)Cc2ccc3c(c2)/C(=C/c2[nH]c(C)c(C(=O)NCCC)c2C)C(=O)N3)c(Cl)c1Cl. The number of carbonyl (C=O) groups excluding carboxylic acids is 7. The molecule has 314 valence electrons. The summed E-state index contributed by atoms with van der Waals surface area (Å²) >= 11 is 12.5. The summed E-state index contributed by atoms with van der Waals surface area (Å²) in [5, 5.41) is 5.56. The lowest BCUT2D eigenvalue weighted by molar-refractivity contribution is -0.173. The maximum absolute atomic E-state index is 12.9. The number of aryl methyl sites for hydroxylation is 1. The average molecular weight is 853 g/mol. The standard InChI is InChI=1S/C43H47Cl2N3O11/c1-8-16-46-42(54)37-24(5)33(47-25(37)6)19-31-30-18-27(10-13-32(30)48-41(31)53)17-28(49)11-15-35(50)57-20-23(4)58-43(55)26(7)59-36(51)21-56-34-14-12-29(38(44)39(34)45)40(52)22(3)9-2/h10,12-14,18-19,23,26,47H,3,8-9,11,15-17,20-21H2,1-2,4-7H3,(H,46,54)(H,48,53)/b31-19-. The molecule has 16 heteroatoms. The predicted molar refractivity (Wildman–Crippen MR) is 222 cm³/mol. The first-order valence-corrected chi connectivity index (χ1v) is 19.7. The van der Waals surface area contributed by atoms with Gasteiger partial charge in [0.15, 0.2) is 18.5 Å². The fourth-order valence-electron chi connectivity index (χ4n) is 5.97. The molecule has 14 nitrogen and oxygen atoms in total. The zero-order valence-corrected chi connectivity index (χ0v) is 35.2. The Kier molecular flexibility index (Phi) is 16.2. The smallest absolute Gasteiger partial charge is 0.347 e. The number of Topliss-reactive ketones (excluding diaryl/α,β-unsaturated/α-hetero) is 2. The molecule has 0 saturated carbocycles. The molecule has 0 aliphatic carbocycles. The molecular formula is C43H47Cl2N3O11. The Labute approximate surface area is 352 Å². The Bertz CT molecular complexity index is 2210. The number of anilines is 1. The van der Waals surface area contributed by atoms with Crippen LogP contribution in [0.25, 0.3) is 11.6 Å². The highest BCUT2D eigenvalue weighted by Crippen LogP contribution is 2.37. The van der Waals surface area contributed by atoms with Crippen LogP contribution in [0.1, 0.15) is 102 Å². The van der Waals surface area contributed by atoms with Crippen molar-refractivity contribution in [2.75, 3.05) is 25.1 Å². The Morgan fingerprint density at radius 3 is 2.37 bits per heavy atom. The van der Waals surface area contributed by atoms with E-state index in [4.69, 9.17) is 42.1 Å². The van der Waals surface area contributed by atoms with Crippen LogP contribution < -0.4 is 15.4 Å². The van der Waals surface area contributed by atoms with Crippen molar-refractivity contribution in [3.63, 3.8) is 0 Å². The number of rotatable bonds is 20. The molecule has 4 rings (SSSR count). The third-order valence-corrected chi connectivity index (χ3v) is 10.1. The number of hydrogen-bond acceptors (Lipinski definition) is 11. The maximum atomic E-state index is 12.9. The van der Waals surface area contributed by atoms with Crippen LogP contribution >= 0.6 is 23.2 Å². The van der Waals surface area contributed by atoms with Gasteiger partial charge in [0.1, 0.15) is 29.3 Å². The lowest BCUT2D eigenvalue weighted by atomic mass is 9.98. The summed E-state index contributed by atoms with van der Waals surface area (Å²) in [6.45, 7) is 13.4. The van der Waals surface area contributed by atoms with Crippen molar-refractivity contribution in [2.45, 2.75) is 85.9 Å². The lowest BCUT2D eigenvalue weighted by Gasteiger charge is -2.17. The molecule has 0 fully saturated rings. The molecule has 1 aromatic heterocycles. The molecule has 2 unspecified atom stereocenters. The molecule has 1 aliphatic heterocycles. The van der Waals surface area contributed by atoms with Crippen molar-refractivity contribution in [1.29, 1.82) is 0 Å². The number of halogens is 2. The molecule has 0 radical (unpaired) electrons. The van der Waals surface area contributed by atoms with Gasteiger partial charge in [-0.05, 0) is 87.6 Å². The number of H-pyrrole nitrogens is 1. The number of nitrogens with one attached hydrogen (secondary N) is 3. The van der Waals surface area contributed by atoms with Crippen LogP contribution in [0.2, 0.25) is 10.0 Å². The van der Waals surface area contributed by atoms with Crippen molar-refractivity contribution in [1.82, 2.24) is 10.3 Å². The van der Waals surface area contributed by atoms with Gasteiger partial charge in [-0.2, -0.15) is 0 Å². The number of amides is 2. The second-order valence-corrected chi connectivity index (χ2v) is 14.7. The number of carbonyl (C=O) groups is 7. The van der Waals surface area contributed by atoms with Crippen LogP contribution in [-0.4, -0.2) is 78.2 Å². The van der Waals surface area contributed by atoms with Gasteiger partial charge in [-0.3, -0.25) is 24.0 Å². The topological polar surface area (TPSA) is 196 Å². The van der Waals surface area contributed by atoms with Crippen molar-refractivity contribution >= 4 is 81.8 Å². The normalized spacial score (nSPS) is 13.5. The van der Waals surface area contributed by atoms with Crippen LogP contribution in [-0.2, 0) is 44.6 Å². The first-order valence-electron chi connectivity index (χ1n) is 19.0. The number of aromatic nitrogens is 1. The minimum Gasteiger partial charge on any atom is -0.480 e. The molecule has 0 bridgehead atoms. The summed E-state index contributed by atoms with van der Waals surface area (Å²) in [5.41, 5.74) is 5.23. The van der Waals surface area contributed by atoms with E-state index in [0.29, 0.717) is 63.4 Å². The van der Waals surface area contributed by atoms with Gasteiger partial charge < -0.3 is 34.6 Å². The summed E-state index contributed by atoms with van der Waals surface area (Å²) in [6.07, 6.45) is 0.349.